The maximum Gasteiger partial charge on any atom is 0.124 e. The van der Waals surface area contributed by atoms with E-state index in [1.807, 2.05) is 31.2 Å². The van der Waals surface area contributed by atoms with Crippen molar-refractivity contribution in [3.8, 4) is 16.3 Å². The Kier molecular flexibility index (Phi) is 4.22. The molecule has 0 amide bonds. The molecule has 0 spiro atoms. The first-order valence-electron chi connectivity index (χ1n) is 8.27. The predicted octanol–water partition coefficient (Wildman–Crippen LogP) is 6.70. The highest BCUT2D eigenvalue weighted by Crippen LogP contribution is 2.32. The number of thiazole rings is 1. The summed E-state index contributed by atoms with van der Waals surface area (Å²) < 4.78 is 1.20. The fraction of sp³-hybridized carbons (Fsp3) is 0.0952. The molecule has 5 heteroatoms. The molecule has 0 fully saturated rings. The monoisotopic (exact) mass is 359 g/mol. The molecule has 4 nitrogen and oxygen atoms in total. The number of nitrogens with zero attached hydrogens (tertiary/aromatic N) is 3. The van der Waals surface area contributed by atoms with Gasteiger partial charge in [0.1, 0.15) is 10.8 Å². The van der Waals surface area contributed by atoms with Crippen molar-refractivity contribution in [2.24, 2.45) is 10.2 Å². The average Bonchev–Trinajstić information content (AvgIpc) is 3.04. The number of fused-ring (bicyclic) bond motifs is 1. The molecule has 4 aromatic rings. The van der Waals surface area contributed by atoms with Crippen molar-refractivity contribution in [2.75, 3.05) is 0 Å². The van der Waals surface area contributed by atoms with Crippen molar-refractivity contribution >= 4 is 32.9 Å². The summed E-state index contributed by atoms with van der Waals surface area (Å²) in [6, 6.07) is 19.3. The lowest BCUT2D eigenvalue weighted by molar-refractivity contribution is 0.475. The molecule has 0 saturated heterocycles. The normalized spacial score (nSPS) is 11.5. The summed E-state index contributed by atoms with van der Waals surface area (Å²) in [6.07, 6.45) is 0. The third-order valence-electron chi connectivity index (χ3n) is 4.11. The van der Waals surface area contributed by atoms with Gasteiger partial charge in [0.25, 0.3) is 0 Å². The van der Waals surface area contributed by atoms with Crippen LogP contribution in [0.15, 0.2) is 70.9 Å². The molecule has 128 valence electrons. The van der Waals surface area contributed by atoms with Crippen LogP contribution in [0.2, 0.25) is 0 Å². The smallest absolute Gasteiger partial charge is 0.124 e. The van der Waals surface area contributed by atoms with Crippen molar-refractivity contribution in [1.82, 2.24) is 4.98 Å². The Balaban J connectivity index is 1.58. The fourth-order valence-corrected chi connectivity index (χ4v) is 3.76. The van der Waals surface area contributed by atoms with Gasteiger partial charge >= 0.3 is 0 Å². The first-order valence-corrected chi connectivity index (χ1v) is 9.09. The van der Waals surface area contributed by atoms with Crippen LogP contribution < -0.4 is 0 Å². The molecule has 1 N–H and O–H groups in total. The molecule has 4 rings (SSSR count). The number of aromatic nitrogens is 1. The van der Waals surface area contributed by atoms with E-state index in [4.69, 9.17) is 4.98 Å². The summed E-state index contributed by atoms with van der Waals surface area (Å²) in [4.78, 5) is 4.71. The van der Waals surface area contributed by atoms with E-state index in [1.54, 1.807) is 29.5 Å². The van der Waals surface area contributed by atoms with Gasteiger partial charge in [0.05, 0.1) is 21.6 Å². The number of rotatable bonds is 3. The zero-order valence-corrected chi connectivity index (χ0v) is 15.3. The Morgan fingerprint density at radius 1 is 0.885 bits per heavy atom. The van der Waals surface area contributed by atoms with Gasteiger partial charge in [0.15, 0.2) is 0 Å². The van der Waals surface area contributed by atoms with Gasteiger partial charge in [-0.25, -0.2) is 4.98 Å². The largest absolute Gasteiger partial charge is 0.508 e. The summed E-state index contributed by atoms with van der Waals surface area (Å²) in [6.45, 7) is 3.99. The van der Waals surface area contributed by atoms with E-state index in [0.29, 0.717) is 0 Å². The molecule has 0 radical (unpaired) electrons. The van der Waals surface area contributed by atoms with Crippen LogP contribution in [0.25, 0.3) is 20.8 Å². The lowest BCUT2D eigenvalue weighted by Crippen LogP contribution is -1.76. The second kappa shape index (κ2) is 6.69. The lowest BCUT2D eigenvalue weighted by Gasteiger charge is -2.00. The fourth-order valence-electron chi connectivity index (χ4n) is 2.69. The second-order valence-electron chi connectivity index (χ2n) is 6.21. The quantitative estimate of drug-likeness (QED) is 0.414. The van der Waals surface area contributed by atoms with Crippen molar-refractivity contribution < 1.29 is 5.11 Å². The highest BCUT2D eigenvalue weighted by molar-refractivity contribution is 7.21. The summed E-state index contributed by atoms with van der Waals surface area (Å²) in [5.41, 5.74) is 5.75. The number of benzene rings is 3. The van der Waals surface area contributed by atoms with Crippen LogP contribution in [0, 0.1) is 13.8 Å². The number of phenolic OH excluding ortho intramolecular Hbond substituents is 1. The molecule has 0 aliphatic rings. The zero-order chi connectivity index (χ0) is 18.1. The van der Waals surface area contributed by atoms with Gasteiger partial charge in [-0.3, -0.25) is 0 Å². The number of hydrogen-bond donors (Lipinski definition) is 1. The van der Waals surface area contributed by atoms with Crippen molar-refractivity contribution in [1.29, 1.82) is 0 Å². The molecule has 0 atom stereocenters. The van der Waals surface area contributed by atoms with Crippen LogP contribution in [0.3, 0.4) is 0 Å². The van der Waals surface area contributed by atoms with E-state index >= 15 is 0 Å². The van der Waals surface area contributed by atoms with Crippen LogP contribution >= 0.6 is 11.3 Å². The Hall–Kier alpha value is -3.05. The third kappa shape index (κ3) is 3.34. The number of aromatic hydroxyl groups is 1. The first kappa shape index (κ1) is 16.4. The van der Waals surface area contributed by atoms with Crippen LogP contribution in [-0.2, 0) is 0 Å². The van der Waals surface area contributed by atoms with E-state index in [9.17, 15) is 5.11 Å². The van der Waals surface area contributed by atoms with Crippen LogP contribution in [0.5, 0.6) is 5.75 Å². The van der Waals surface area contributed by atoms with Crippen LogP contribution in [0.1, 0.15) is 11.1 Å². The molecular weight excluding hydrogens is 342 g/mol. The Bertz CT molecular complexity index is 1110. The third-order valence-corrected chi connectivity index (χ3v) is 5.18. The topological polar surface area (TPSA) is 57.8 Å². The molecule has 0 unspecified atom stereocenters. The average molecular weight is 359 g/mol. The van der Waals surface area contributed by atoms with Gasteiger partial charge in [0, 0.05) is 5.56 Å². The molecule has 1 heterocycles. The molecule has 0 saturated carbocycles. The van der Waals surface area contributed by atoms with Gasteiger partial charge in [0.2, 0.25) is 0 Å². The van der Waals surface area contributed by atoms with E-state index in [-0.39, 0.29) is 5.75 Å². The highest BCUT2D eigenvalue weighted by Gasteiger charge is 2.06. The summed E-state index contributed by atoms with van der Waals surface area (Å²) >= 11 is 1.70. The molecule has 0 aliphatic heterocycles. The maximum absolute atomic E-state index is 9.45. The molecule has 26 heavy (non-hydrogen) atoms. The van der Waals surface area contributed by atoms with Gasteiger partial charge in [-0.1, -0.05) is 6.07 Å². The number of hydrogen-bond acceptors (Lipinski definition) is 5. The van der Waals surface area contributed by atoms with Crippen molar-refractivity contribution in [3.05, 3.63) is 71.8 Å². The second-order valence-corrected chi connectivity index (χ2v) is 7.24. The Morgan fingerprint density at radius 2 is 1.69 bits per heavy atom. The minimum Gasteiger partial charge on any atom is -0.508 e. The number of azo groups is 1. The predicted molar refractivity (Wildman–Crippen MR) is 107 cm³/mol. The lowest BCUT2D eigenvalue weighted by atomic mass is 10.2. The van der Waals surface area contributed by atoms with E-state index in [2.05, 4.69) is 35.4 Å². The minimum absolute atomic E-state index is 0.233. The molecule has 0 aliphatic carbocycles. The highest BCUT2D eigenvalue weighted by atomic mass is 32.1. The van der Waals surface area contributed by atoms with Crippen LogP contribution in [0.4, 0.5) is 11.4 Å². The maximum atomic E-state index is 9.45. The van der Waals surface area contributed by atoms with E-state index in [1.165, 1.54) is 10.3 Å². The number of aryl methyl sites for hydroxylation is 2. The summed E-state index contributed by atoms with van der Waals surface area (Å²) in [7, 11) is 0. The molecule has 1 aromatic heterocycles. The Labute approximate surface area is 155 Å². The van der Waals surface area contributed by atoms with Gasteiger partial charge in [-0.15, -0.1) is 11.3 Å². The van der Waals surface area contributed by atoms with Crippen LogP contribution in [-0.4, -0.2) is 10.1 Å². The van der Waals surface area contributed by atoms with Crippen molar-refractivity contribution in [3.63, 3.8) is 0 Å². The molecular formula is C21H17N3OS. The molecule has 3 aromatic carbocycles. The Morgan fingerprint density at radius 3 is 2.46 bits per heavy atom. The summed E-state index contributed by atoms with van der Waals surface area (Å²) in [5, 5.41) is 19.0. The van der Waals surface area contributed by atoms with Gasteiger partial charge < -0.3 is 5.11 Å². The van der Waals surface area contributed by atoms with Gasteiger partial charge in [-0.05, 0) is 79.6 Å². The van der Waals surface area contributed by atoms with Crippen molar-refractivity contribution in [2.45, 2.75) is 13.8 Å². The minimum atomic E-state index is 0.233. The number of phenols is 1. The SMILES string of the molecule is Cc1ccc2nc(-c3ccc(/N=N/c4ccc(O)cc4C)cc3)sc2c1. The standard InChI is InChI=1S/C21H17N3OS/c1-13-3-9-19-20(11-13)26-21(22-19)15-4-6-16(7-5-15)23-24-18-10-8-17(25)12-14(18)2/h3-12,25H,1-2H3/b24-23+. The first-order chi connectivity index (χ1) is 12.6. The van der Waals surface area contributed by atoms with E-state index in [0.717, 1.165) is 33.0 Å². The molecule has 0 bridgehead atoms. The zero-order valence-electron chi connectivity index (χ0n) is 14.5. The summed E-state index contributed by atoms with van der Waals surface area (Å²) in [5.74, 6) is 0.233. The van der Waals surface area contributed by atoms with Gasteiger partial charge in [-0.2, -0.15) is 10.2 Å². The van der Waals surface area contributed by atoms with E-state index < -0.39 is 0 Å².